The van der Waals surface area contributed by atoms with Crippen LogP contribution in [0.3, 0.4) is 0 Å². The van der Waals surface area contributed by atoms with Crippen LogP contribution >= 0.6 is 0 Å². The van der Waals surface area contributed by atoms with Crippen molar-refractivity contribution in [3.05, 3.63) is 53.1 Å². The van der Waals surface area contributed by atoms with E-state index < -0.39 is 19.7 Å². The minimum atomic E-state index is -2.02. The van der Waals surface area contributed by atoms with Gasteiger partial charge in [0.15, 0.2) is 19.7 Å². The molecule has 1 aliphatic heterocycles. The SMILES string of the molecule is C[Si](C)(C)OC1(C#N)CC2=C(CCC23OCCO3)c2ccc3ccccc3c21. The van der Waals surface area contributed by atoms with E-state index in [1.807, 2.05) is 12.1 Å². The number of rotatable bonds is 2. The van der Waals surface area contributed by atoms with Gasteiger partial charge in [-0.15, -0.1) is 0 Å². The van der Waals surface area contributed by atoms with E-state index in [1.165, 1.54) is 5.57 Å². The molecular weight excluding hydrogens is 366 g/mol. The first-order valence-electron chi connectivity index (χ1n) is 10.0. The lowest BCUT2D eigenvalue weighted by Gasteiger charge is -2.41. The molecule has 0 N–H and O–H groups in total. The van der Waals surface area contributed by atoms with Crippen LogP contribution in [0.4, 0.5) is 0 Å². The van der Waals surface area contributed by atoms with Crippen LogP contribution in [-0.4, -0.2) is 27.3 Å². The highest BCUT2D eigenvalue weighted by Crippen LogP contribution is 2.57. The molecular formula is C23H25NO3Si. The molecule has 28 heavy (non-hydrogen) atoms. The molecule has 1 atom stereocenters. The van der Waals surface area contributed by atoms with Crippen molar-refractivity contribution in [2.24, 2.45) is 0 Å². The summed E-state index contributed by atoms with van der Waals surface area (Å²) in [6.45, 7) is 7.65. The molecule has 2 aromatic rings. The van der Waals surface area contributed by atoms with Gasteiger partial charge in [0.1, 0.15) is 6.07 Å². The third-order valence-corrected chi connectivity index (χ3v) is 6.99. The van der Waals surface area contributed by atoms with E-state index in [0.717, 1.165) is 40.3 Å². The zero-order valence-electron chi connectivity index (χ0n) is 16.7. The van der Waals surface area contributed by atoms with Gasteiger partial charge in [-0.1, -0.05) is 36.4 Å². The zero-order chi connectivity index (χ0) is 19.6. The lowest BCUT2D eigenvalue weighted by Crippen LogP contribution is -2.44. The number of ether oxygens (including phenoxy) is 2. The molecule has 2 aromatic carbocycles. The summed E-state index contributed by atoms with van der Waals surface area (Å²) in [5.41, 5.74) is 3.56. The molecule has 1 spiro atoms. The van der Waals surface area contributed by atoms with E-state index in [2.05, 4.69) is 50.0 Å². The van der Waals surface area contributed by atoms with Gasteiger partial charge in [0.05, 0.1) is 13.2 Å². The zero-order valence-corrected chi connectivity index (χ0v) is 17.7. The Morgan fingerprint density at radius 2 is 1.82 bits per heavy atom. The average Bonchev–Trinajstić information content (AvgIpc) is 3.28. The monoisotopic (exact) mass is 391 g/mol. The largest absolute Gasteiger partial charge is 0.396 e. The highest BCUT2D eigenvalue weighted by atomic mass is 28.4. The second-order valence-corrected chi connectivity index (χ2v) is 13.4. The summed E-state index contributed by atoms with van der Waals surface area (Å²) in [4.78, 5) is 0. The van der Waals surface area contributed by atoms with Gasteiger partial charge in [-0.25, -0.2) is 0 Å². The predicted octanol–water partition coefficient (Wildman–Crippen LogP) is 5.10. The fourth-order valence-electron chi connectivity index (χ4n) is 5.16. The van der Waals surface area contributed by atoms with Gasteiger partial charge in [0.2, 0.25) is 0 Å². The van der Waals surface area contributed by atoms with Crippen molar-refractivity contribution in [1.29, 1.82) is 5.26 Å². The van der Waals surface area contributed by atoms with Crippen molar-refractivity contribution in [3.63, 3.8) is 0 Å². The highest BCUT2D eigenvalue weighted by Gasteiger charge is 2.54. The van der Waals surface area contributed by atoms with Crippen LogP contribution in [0.1, 0.15) is 30.4 Å². The Morgan fingerprint density at radius 3 is 2.54 bits per heavy atom. The maximum Gasteiger partial charge on any atom is 0.191 e. The van der Waals surface area contributed by atoms with Crippen LogP contribution in [0, 0.1) is 11.3 Å². The van der Waals surface area contributed by atoms with Gasteiger partial charge in [0, 0.05) is 18.4 Å². The molecule has 1 heterocycles. The molecule has 4 nitrogen and oxygen atoms in total. The Hall–Kier alpha value is -1.97. The molecule has 0 saturated carbocycles. The third-order valence-electron chi connectivity index (χ3n) is 6.03. The minimum Gasteiger partial charge on any atom is -0.396 e. The van der Waals surface area contributed by atoms with Gasteiger partial charge in [-0.3, -0.25) is 0 Å². The standard InChI is InChI=1S/C23H25NO3Si/c1-28(2,3)27-22(15-24)14-20-18(10-11-23(20)25-12-13-26-23)19-9-8-16-6-4-5-7-17(16)21(19)22/h4-9H,10-14H2,1-3H3. The molecule has 1 unspecified atom stereocenters. The summed E-state index contributed by atoms with van der Waals surface area (Å²) in [6, 6.07) is 15.2. The summed E-state index contributed by atoms with van der Waals surface area (Å²) < 4.78 is 18.9. The smallest absolute Gasteiger partial charge is 0.191 e. The van der Waals surface area contributed by atoms with Gasteiger partial charge in [-0.05, 0) is 53.5 Å². The van der Waals surface area contributed by atoms with Crippen molar-refractivity contribution >= 4 is 24.7 Å². The van der Waals surface area contributed by atoms with Crippen LogP contribution < -0.4 is 0 Å². The fraction of sp³-hybridized carbons (Fsp3) is 0.435. The Morgan fingerprint density at radius 1 is 1.07 bits per heavy atom. The van der Waals surface area contributed by atoms with Crippen LogP contribution in [0.25, 0.3) is 16.3 Å². The van der Waals surface area contributed by atoms with Crippen molar-refractivity contribution in [3.8, 4) is 6.07 Å². The second-order valence-electron chi connectivity index (χ2n) is 8.95. The minimum absolute atomic E-state index is 0.518. The Labute approximate surface area is 166 Å². The molecule has 144 valence electrons. The van der Waals surface area contributed by atoms with Crippen LogP contribution in [-0.2, 0) is 19.5 Å². The first-order chi connectivity index (χ1) is 13.4. The highest BCUT2D eigenvalue weighted by molar-refractivity contribution is 6.69. The summed E-state index contributed by atoms with van der Waals surface area (Å²) in [6.07, 6.45) is 2.25. The number of hydrogen-bond acceptors (Lipinski definition) is 4. The molecule has 1 fully saturated rings. The average molecular weight is 392 g/mol. The number of hydrogen-bond donors (Lipinski definition) is 0. The van der Waals surface area contributed by atoms with Crippen molar-refractivity contribution in [1.82, 2.24) is 0 Å². The van der Waals surface area contributed by atoms with E-state index in [-0.39, 0.29) is 0 Å². The van der Waals surface area contributed by atoms with Gasteiger partial charge >= 0.3 is 0 Å². The quantitative estimate of drug-likeness (QED) is 0.668. The van der Waals surface area contributed by atoms with Crippen molar-refractivity contribution < 1.29 is 13.9 Å². The van der Waals surface area contributed by atoms with Gasteiger partial charge < -0.3 is 13.9 Å². The molecule has 0 bridgehead atoms. The maximum atomic E-state index is 10.5. The molecule has 0 aromatic heterocycles. The van der Waals surface area contributed by atoms with E-state index in [0.29, 0.717) is 19.6 Å². The predicted molar refractivity (Wildman–Crippen MR) is 111 cm³/mol. The number of benzene rings is 2. The van der Waals surface area contributed by atoms with Crippen LogP contribution in [0.5, 0.6) is 0 Å². The molecule has 0 radical (unpaired) electrons. The molecule has 5 rings (SSSR count). The van der Waals surface area contributed by atoms with Gasteiger partial charge in [0.25, 0.3) is 0 Å². The molecule has 5 heteroatoms. The van der Waals surface area contributed by atoms with E-state index in [1.54, 1.807) is 0 Å². The second kappa shape index (κ2) is 6.01. The first kappa shape index (κ1) is 18.1. The first-order valence-corrected chi connectivity index (χ1v) is 13.4. The lowest BCUT2D eigenvalue weighted by atomic mass is 9.74. The van der Waals surface area contributed by atoms with Crippen molar-refractivity contribution in [2.75, 3.05) is 13.2 Å². The Balaban J connectivity index is 1.82. The van der Waals surface area contributed by atoms with Crippen LogP contribution in [0.2, 0.25) is 19.6 Å². The summed E-state index contributed by atoms with van der Waals surface area (Å²) >= 11 is 0. The van der Waals surface area contributed by atoms with Crippen LogP contribution in [0.15, 0.2) is 42.0 Å². The Kier molecular flexibility index (Phi) is 3.88. The number of fused-ring (bicyclic) bond motifs is 5. The summed E-state index contributed by atoms with van der Waals surface area (Å²) in [7, 11) is -2.02. The topological polar surface area (TPSA) is 51.5 Å². The molecule has 0 amide bonds. The third kappa shape index (κ3) is 2.53. The van der Waals surface area contributed by atoms with Crippen molar-refractivity contribution in [2.45, 2.75) is 50.3 Å². The number of nitrogens with zero attached hydrogens (tertiary/aromatic N) is 1. The summed E-state index contributed by atoms with van der Waals surface area (Å²) in [5.74, 6) is -0.663. The molecule has 3 aliphatic rings. The maximum absolute atomic E-state index is 10.5. The lowest BCUT2D eigenvalue weighted by molar-refractivity contribution is -0.128. The Bertz CT molecular complexity index is 1040. The van der Waals surface area contributed by atoms with Gasteiger partial charge in [-0.2, -0.15) is 5.26 Å². The normalized spacial score (nSPS) is 25.8. The number of nitriles is 1. The molecule has 2 aliphatic carbocycles. The number of allylic oxidation sites excluding steroid dienone is 1. The molecule has 1 saturated heterocycles. The van der Waals surface area contributed by atoms with E-state index in [4.69, 9.17) is 13.9 Å². The fourth-order valence-corrected chi connectivity index (χ4v) is 6.42. The van der Waals surface area contributed by atoms with E-state index >= 15 is 0 Å². The summed E-state index contributed by atoms with van der Waals surface area (Å²) in [5, 5.41) is 12.8. The van der Waals surface area contributed by atoms with E-state index in [9.17, 15) is 5.26 Å².